The Labute approximate surface area is 170 Å². The van der Waals surface area contributed by atoms with Crippen molar-refractivity contribution in [1.82, 2.24) is 4.90 Å². The summed E-state index contributed by atoms with van der Waals surface area (Å²) in [5.41, 5.74) is 0.798. The number of ether oxygens (including phenoxy) is 1. The van der Waals surface area contributed by atoms with Crippen LogP contribution in [0.3, 0.4) is 0 Å². The molecule has 1 N–H and O–H groups in total. The number of nitrogens with one attached hydrogen (secondary N) is 1. The van der Waals surface area contributed by atoms with Gasteiger partial charge < -0.3 is 10.1 Å². The number of hydrogen-bond acceptors (Lipinski definition) is 4. The molecule has 158 valence electrons. The van der Waals surface area contributed by atoms with Crippen LogP contribution < -0.4 is 10.1 Å². The van der Waals surface area contributed by atoms with Crippen molar-refractivity contribution in [2.75, 3.05) is 11.9 Å². The second-order valence-corrected chi connectivity index (χ2v) is 7.23. The van der Waals surface area contributed by atoms with Crippen LogP contribution in [0.25, 0.3) is 0 Å². The molecule has 0 saturated heterocycles. The van der Waals surface area contributed by atoms with E-state index in [1.54, 1.807) is 0 Å². The lowest BCUT2D eigenvalue weighted by molar-refractivity contribution is -0.274. The Bertz CT molecular complexity index is 985. The molecule has 0 unspecified atom stereocenters. The molecule has 0 saturated carbocycles. The predicted molar refractivity (Wildman–Crippen MR) is 102 cm³/mol. The molecule has 3 amide bonds. The number of carbonyl (C=O) groups is 3. The van der Waals surface area contributed by atoms with Gasteiger partial charge in [-0.2, -0.15) is 0 Å². The van der Waals surface area contributed by atoms with Crippen molar-refractivity contribution in [3.63, 3.8) is 0 Å². The van der Waals surface area contributed by atoms with Crippen LogP contribution in [0, 0.1) is 5.92 Å². The normalized spacial score (nSPS) is 13.6. The first-order valence-corrected chi connectivity index (χ1v) is 9.22. The van der Waals surface area contributed by atoms with Gasteiger partial charge in [-0.05, 0) is 54.8 Å². The lowest BCUT2D eigenvalue weighted by Crippen LogP contribution is -2.31. The zero-order chi connectivity index (χ0) is 22.1. The third kappa shape index (κ3) is 4.79. The molecule has 30 heavy (non-hydrogen) atoms. The van der Waals surface area contributed by atoms with Crippen LogP contribution in [-0.4, -0.2) is 35.5 Å². The predicted octanol–water partition coefficient (Wildman–Crippen LogP) is 4.48. The molecule has 3 rings (SSSR count). The molecule has 9 heteroatoms. The molecule has 0 fully saturated rings. The van der Waals surface area contributed by atoms with Crippen molar-refractivity contribution in [2.24, 2.45) is 5.92 Å². The lowest BCUT2D eigenvalue weighted by atomic mass is 10.1. The Balaban J connectivity index is 1.72. The number of anilines is 1. The summed E-state index contributed by atoms with van der Waals surface area (Å²) in [5, 5.41) is 2.53. The Hall–Kier alpha value is -3.36. The van der Waals surface area contributed by atoms with Crippen LogP contribution >= 0.6 is 0 Å². The lowest BCUT2D eigenvalue weighted by Gasteiger charge is -2.14. The second-order valence-electron chi connectivity index (χ2n) is 7.23. The SMILES string of the molecule is CC(C)CCN1C(=O)c2ccc(C(=O)Nc3ccc(OC(F)(F)F)cc3)cc2C1=O. The molecular weight excluding hydrogens is 401 g/mol. The molecule has 2 aromatic carbocycles. The highest BCUT2D eigenvalue weighted by Crippen LogP contribution is 2.26. The summed E-state index contributed by atoms with van der Waals surface area (Å²) in [5.74, 6) is -1.49. The van der Waals surface area contributed by atoms with Crippen molar-refractivity contribution in [3.8, 4) is 5.75 Å². The number of halogens is 3. The van der Waals surface area contributed by atoms with Crippen LogP contribution in [0.2, 0.25) is 0 Å². The van der Waals surface area contributed by atoms with E-state index in [0.717, 1.165) is 12.1 Å². The topological polar surface area (TPSA) is 75.7 Å². The number of rotatable bonds is 6. The fourth-order valence-corrected chi connectivity index (χ4v) is 2.97. The first kappa shape index (κ1) is 21.4. The number of nitrogens with zero attached hydrogens (tertiary/aromatic N) is 1. The van der Waals surface area contributed by atoms with Crippen molar-refractivity contribution >= 4 is 23.4 Å². The third-order valence-corrected chi connectivity index (χ3v) is 4.51. The van der Waals surface area contributed by atoms with Gasteiger partial charge in [0, 0.05) is 17.8 Å². The number of carbonyl (C=O) groups excluding carboxylic acids is 3. The van der Waals surface area contributed by atoms with E-state index in [0.29, 0.717) is 18.9 Å². The largest absolute Gasteiger partial charge is 0.573 e. The number of imide groups is 1. The number of amides is 3. The maximum Gasteiger partial charge on any atom is 0.573 e. The van der Waals surface area contributed by atoms with Crippen molar-refractivity contribution in [2.45, 2.75) is 26.6 Å². The number of hydrogen-bond donors (Lipinski definition) is 1. The minimum Gasteiger partial charge on any atom is -0.406 e. The number of alkyl halides is 3. The quantitative estimate of drug-likeness (QED) is 0.700. The van der Waals surface area contributed by atoms with Gasteiger partial charge in [0.2, 0.25) is 0 Å². The van der Waals surface area contributed by atoms with E-state index in [1.165, 1.54) is 35.2 Å². The van der Waals surface area contributed by atoms with Crippen LogP contribution in [-0.2, 0) is 0 Å². The monoisotopic (exact) mass is 420 g/mol. The molecule has 0 atom stereocenters. The molecule has 0 radical (unpaired) electrons. The molecule has 0 aliphatic carbocycles. The summed E-state index contributed by atoms with van der Waals surface area (Å²) in [6, 6.07) is 8.86. The average Bonchev–Trinajstić information content (AvgIpc) is 2.90. The van der Waals surface area contributed by atoms with Gasteiger partial charge in [0.15, 0.2) is 0 Å². The highest BCUT2D eigenvalue weighted by molar-refractivity contribution is 6.22. The molecule has 0 spiro atoms. The summed E-state index contributed by atoms with van der Waals surface area (Å²) in [7, 11) is 0. The van der Waals surface area contributed by atoms with Gasteiger partial charge in [-0.15, -0.1) is 13.2 Å². The van der Waals surface area contributed by atoms with Gasteiger partial charge in [-0.1, -0.05) is 13.8 Å². The average molecular weight is 420 g/mol. The first-order chi connectivity index (χ1) is 14.0. The first-order valence-electron chi connectivity index (χ1n) is 9.22. The fourth-order valence-electron chi connectivity index (χ4n) is 2.97. The van der Waals surface area contributed by atoms with Crippen molar-refractivity contribution < 1.29 is 32.3 Å². The number of fused-ring (bicyclic) bond motifs is 1. The van der Waals surface area contributed by atoms with Crippen molar-refractivity contribution in [1.29, 1.82) is 0 Å². The molecule has 2 aromatic rings. The molecule has 1 aliphatic heterocycles. The van der Waals surface area contributed by atoms with E-state index in [-0.39, 0.29) is 28.3 Å². The van der Waals surface area contributed by atoms with Crippen molar-refractivity contribution in [3.05, 3.63) is 59.2 Å². The Morgan fingerprint density at radius 1 is 1.03 bits per heavy atom. The van der Waals surface area contributed by atoms with Crippen LogP contribution in [0.15, 0.2) is 42.5 Å². The Morgan fingerprint density at radius 2 is 1.67 bits per heavy atom. The minimum absolute atomic E-state index is 0.149. The summed E-state index contributed by atoms with van der Waals surface area (Å²) >= 11 is 0. The van der Waals surface area contributed by atoms with E-state index in [9.17, 15) is 27.6 Å². The van der Waals surface area contributed by atoms with Crippen LogP contribution in [0.4, 0.5) is 18.9 Å². The summed E-state index contributed by atoms with van der Waals surface area (Å²) in [6.45, 7) is 4.28. The molecule has 1 heterocycles. The van der Waals surface area contributed by atoms with Gasteiger partial charge in [0.25, 0.3) is 17.7 Å². The Morgan fingerprint density at radius 3 is 2.27 bits per heavy atom. The van der Waals surface area contributed by atoms with Crippen LogP contribution in [0.1, 0.15) is 51.3 Å². The smallest absolute Gasteiger partial charge is 0.406 e. The third-order valence-electron chi connectivity index (χ3n) is 4.51. The molecule has 1 aliphatic rings. The van der Waals surface area contributed by atoms with E-state index < -0.39 is 23.9 Å². The van der Waals surface area contributed by atoms with Gasteiger partial charge >= 0.3 is 6.36 Å². The standard InChI is InChI=1S/C21H19F3N2O4/c1-12(2)9-10-26-19(28)16-8-3-13(11-17(16)20(26)29)18(27)25-14-4-6-15(7-5-14)30-21(22,23)24/h3-8,11-12H,9-10H2,1-2H3,(H,25,27). The maximum atomic E-state index is 12.6. The highest BCUT2D eigenvalue weighted by atomic mass is 19.4. The summed E-state index contributed by atoms with van der Waals surface area (Å²) in [4.78, 5) is 38.7. The van der Waals surface area contributed by atoms with E-state index in [1.807, 2.05) is 13.8 Å². The summed E-state index contributed by atoms with van der Waals surface area (Å²) in [6.07, 6.45) is -4.13. The zero-order valence-electron chi connectivity index (χ0n) is 16.2. The molecule has 6 nitrogen and oxygen atoms in total. The van der Waals surface area contributed by atoms with Gasteiger partial charge in [-0.25, -0.2) is 0 Å². The molecular formula is C21H19F3N2O4. The van der Waals surface area contributed by atoms with Gasteiger partial charge in [0.05, 0.1) is 11.1 Å². The summed E-state index contributed by atoms with van der Waals surface area (Å²) < 4.78 is 40.4. The number of benzene rings is 2. The van der Waals surface area contributed by atoms with E-state index in [2.05, 4.69) is 10.1 Å². The van der Waals surface area contributed by atoms with Crippen LogP contribution in [0.5, 0.6) is 5.75 Å². The second kappa shape index (κ2) is 8.17. The maximum absolute atomic E-state index is 12.6. The fraction of sp³-hybridized carbons (Fsp3) is 0.286. The minimum atomic E-state index is -4.80. The van der Waals surface area contributed by atoms with E-state index >= 15 is 0 Å². The molecule has 0 aromatic heterocycles. The van der Waals surface area contributed by atoms with E-state index in [4.69, 9.17) is 0 Å². The highest BCUT2D eigenvalue weighted by Gasteiger charge is 2.35. The molecule has 0 bridgehead atoms. The van der Waals surface area contributed by atoms with Gasteiger partial charge in [0.1, 0.15) is 5.75 Å². The Kier molecular flexibility index (Phi) is 5.82. The van der Waals surface area contributed by atoms with Gasteiger partial charge in [-0.3, -0.25) is 19.3 Å². The zero-order valence-corrected chi connectivity index (χ0v) is 16.2.